The van der Waals surface area contributed by atoms with Crippen LogP contribution in [0.1, 0.15) is 10.4 Å². The molecule has 3 rings (SSSR count). The molecule has 0 radical (unpaired) electrons. The number of rotatable bonds is 5. The van der Waals surface area contributed by atoms with Crippen molar-refractivity contribution >= 4 is 28.8 Å². The molecule has 1 aromatic heterocycles. The lowest BCUT2D eigenvalue weighted by Crippen LogP contribution is -2.07. The summed E-state index contributed by atoms with van der Waals surface area (Å²) in [7, 11) is 0. The Hall–Kier alpha value is -2.26. The third kappa shape index (κ3) is 3.09. The highest BCUT2D eigenvalue weighted by molar-refractivity contribution is 6.31. The van der Waals surface area contributed by atoms with Crippen molar-refractivity contribution in [2.24, 2.45) is 0 Å². The second-order valence-corrected chi connectivity index (χ2v) is 5.18. The summed E-state index contributed by atoms with van der Waals surface area (Å²) in [4.78, 5) is 10.6. The van der Waals surface area contributed by atoms with Gasteiger partial charge in [-0.2, -0.15) is 0 Å². The summed E-state index contributed by atoms with van der Waals surface area (Å²) >= 11 is 5.98. The number of benzene rings is 2. The van der Waals surface area contributed by atoms with Gasteiger partial charge in [0.15, 0.2) is 0 Å². The molecule has 0 aliphatic heterocycles. The van der Waals surface area contributed by atoms with Crippen molar-refractivity contribution in [1.29, 1.82) is 0 Å². The van der Waals surface area contributed by atoms with E-state index in [0.717, 1.165) is 34.5 Å². The summed E-state index contributed by atoms with van der Waals surface area (Å²) in [5.74, 6) is 0.764. The van der Waals surface area contributed by atoms with Crippen molar-refractivity contribution in [3.63, 3.8) is 0 Å². The number of aldehydes is 1. The summed E-state index contributed by atoms with van der Waals surface area (Å²) in [6.45, 7) is 1.31. The van der Waals surface area contributed by atoms with E-state index < -0.39 is 0 Å². The molecule has 0 bridgehead atoms. The van der Waals surface area contributed by atoms with Crippen LogP contribution in [0.5, 0.6) is 5.75 Å². The third-order valence-electron chi connectivity index (χ3n) is 3.35. The highest BCUT2D eigenvalue weighted by Gasteiger charge is 2.02. The molecule has 3 nitrogen and oxygen atoms in total. The zero-order valence-corrected chi connectivity index (χ0v) is 12.1. The topological polar surface area (TPSA) is 31.2 Å². The number of hydrogen-bond donors (Lipinski definition) is 0. The Balaban J connectivity index is 1.64. The second kappa shape index (κ2) is 6.02. The standard InChI is InChI=1S/C17H14ClNO2/c18-15-3-6-17-14(11-15)7-8-19(17)9-10-21-16-4-1-13(12-20)2-5-16/h1-8,11-12H,9-10H2. The number of fused-ring (bicyclic) bond motifs is 1. The van der Waals surface area contributed by atoms with Crippen LogP contribution < -0.4 is 4.74 Å². The van der Waals surface area contributed by atoms with Crippen LogP contribution in [0.2, 0.25) is 5.02 Å². The van der Waals surface area contributed by atoms with E-state index in [-0.39, 0.29) is 0 Å². The van der Waals surface area contributed by atoms with Crippen molar-refractivity contribution < 1.29 is 9.53 Å². The van der Waals surface area contributed by atoms with Crippen molar-refractivity contribution in [2.45, 2.75) is 6.54 Å². The molecule has 0 N–H and O–H groups in total. The van der Waals surface area contributed by atoms with E-state index in [1.54, 1.807) is 24.3 Å². The van der Waals surface area contributed by atoms with Crippen molar-refractivity contribution in [1.82, 2.24) is 4.57 Å². The maximum Gasteiger partial charge on any atom is 0.150 e. The lowest BCUT2D eigenvalue weighted by molar-refractivity contribution is 0.112. The van der Waals surface area contributed by atoms with E-state index in [2.05, 4.69) is 4.57 Å². The van der Waals surface area contributed by atoms with Gasteiger partial charge in [-0.3, -0.25) is 4.79 Å². The maximum absolute atomic E-state index is 10.6. The monoisotopic (exact) mass is 299 g/mol. The van der Waals surface area contributed by atoms with Gasteiger partial charge in [-0.05, 0) is 48.5 Å². The molecule has 2 aromatic carbocycles. The van der Waals surface area contributed by atoms with Gasteiger partial charge in [-0.1, -0.05) is 11.6 Å². The van der Waals surface area contributed by atoms with Crippen molar-refractivity contribution in [2.75, 3.05) is 6.61 Å². The summed E-state index contributed by atoms with van der Waals surface area (Å²) in [6, 6.07) is 15.0. The molecule has 0 fully saturated rings. The summed E-state index contributed by atoms with van der Waals surface area (Å²) in [5, 5.41) is 1.87. The number of carbonyl (C=O) groups excluding carboxylic acids is 1. The van der Waals surface area contributed by atoms with Gasteiger partial charge in [0.1, 0.15) is 18.6 Å². The SMILES string of the molecule is O=Cc1ccc(OCCn2ccc3cc(Cl)ccc32)cc1. The molecule has 106 valence electrons. The minimum absolute atomic E-state index is 0.562. The first kappa shape index (κ1) is 13.7. The zero-order valence-electron chi connectivity index (χ0n) is 11.3. The fourth-order valence-electron chi connectivity index (χ4n) is 2.27. The molecule has 0 aliphatic rings. The first-order valence-corrected chi connectivity index (χ1v) is 7.06. The minimum atomic E-state index is 0.562. The Labute approximate surface area is 127 Å². The summed E-state index contributed by atoms with van der Waals surface area (Å²) < 4.78 is 7.82. The fourth-order valence-corrected chi connectivity index (χ4v) is 2.45. The van der Waals surface area contributed by atoms with Crippen LogP contribution in [0, 0.1) is 0 Å². The van der Waals surface area contributed by atoms with Crippen LogP contribution in [-0.2, 0) is 6.54 Å². The van der Waals surface area contributed by atoms with Gasteiger partial charge < -0.3 is 9.30 Å². The molecule has 4 heteroatoms. The van der Waals surface area contributed by atoms with Crippen LogP contribution in [0.25, 0.3) is 10.9 Å². The van der Waals surface area contributed by atoms with E-state index in [9.17, 15) is 4.79 Å². The van der Waals surface area contributed by atoms with Gasteiger partial charge in [0.2, 0.25) is 0 Å². The second-order valence-electron chi connectivity index (χ2n) is 4.75. The third-order valence-corrected chi connectivity index (χ3v) is 3.59. The Bertz CT molecular complexity index is 762. The normalized spacial score (nSPS) is 10.7. The van der Waals surface area contributed by atoms with E-state index in [4.69, 9.17) is 16.3 Å². The smallest absolute Gasteiger partial charge is 0.150 e. The van der Waals surface area contributed by atoms with E-state index in [0.29, 0.717) is 12.2 Å². The zero-order chi connectivity index (χ0) is 14.7. The Kier molecular flexibility index (Phi) is 3.93. The molecule has 3 aromatic rings. The Morgan fingerprint density at radius 2 is 1.90 bits per heavy atom. The van der Waals surface area contributed by atoms with Crippen molar-refractivity contribution in [3.05, 3.63) is 65.3 Å². The molecule has 0 amide bonds. The molecule has 0 aliphatic carbocycles. The first-order valence-electron chi connectivity index (χ1n) is 6.69. The molecular weight excluding hydrogens is 286 g/mol. The number of aromatic nitrogens is 1. The molecule has 0 saturated carbocycles. The molecule has 0 atom stereocenters. The molecule has 0 saturated heterocycles. The number of ether oxygens (including phenoxy) is 1. The minimum Gasteiger partial charge on any atom is -0.492 e. The first-order chi connectivity index (χ1) is 10.3. The highest BCUT2D eigenvalue weighted by atomic mass is 35.5. The van der Waals surface area contributed by atoms with E-state index in [1.165, 1.54) is 0 Å². The molecule has 1 heterocycles. The average Bonchev–Trinajstić information content (AvgIpc) is 2.90. The van der Waals surface area contributed by atoms with Gasteiger partial charge >= 0.3 is 0 Å². The lowest BCUT2D eigenvalue weighted by atomic mass is 10.2. The van der Waals surface area contributed by atoms with Crippen LogP contribution >= 0.6 is 11.6 Å². The Morgan fingerprint density at radius 1 is 1.10 bits per heavy atom. The maximum atomic E-state index is 10.6. The Morgan fingerprint density at radius 3 is 2.67 bits per heavy atom. The van der Waals surface area contributed by atoms with Gasteiger partial charge in [-0.15, -0.1) is 0 Å². The largest absolute Gasteiger partial charge is 0.492 e. The van der Waals surface area contributed by atoms with E-state index >= 15 is 0 Å². The highest BCUT2D eigenvalue weighted by Crippen LogP contribution is 2.20. The predicted molar refractivity (Wildman–Crippen MR) is 84.3 cm³/mol. The van der Waals surface area contributed by atoms with Gasteiger partial charge in [0, 0.05) is 27.7 Å². The number of carbonyl (C=O) groups is 1. The van der Waals surface area contributed by atoms with Gasteiger partial charge in [0.25, 0.3) is 0 Å². The fraction of sp³-hybridized carbons (Fsp3) is 0.118. The predicted octanol–water partition coefficient (Wildman–Crippen LogP) is 4.19. The molecule has 0 unspecified atom stereocenters. The quantitative estimate of drug-likeness (QED) is 0.662. The van der Waals surface area contributed by atoms with Crippen LogP contribution in [0.15, 0.2) is 54.7 Å². The number of halogens is 1. The number of nitrogens with zero attached hydrogens (tertiary/aromatic N) is 1. The average molecular weight is 300 g/mol. The van der Waals surface area contributed by atoms with Gasteiger partial charge in [0.05, 0.1) is 6.54 Å². The van der Waals surface area contributed by atoms with Gasteiger partial charge in [-0.25, -0.2) is 0 Å². The van der Waals surface area contributed by atoms with E-state index in [1.807, 2.05) is 30.5 Å². The molecule has 21 heavy (non-hydrogen) atoms. The lowest BCUT2D eigenvalue weighted by Gasteiger charge is -2.08. The molecule has 0 spiro atoms. The number of hydrogen-bond acceptors (Lipinski definition) is 2. The summed E-state index contributed by atoms with van der Waals surface area (Å²) in [5.41, 5.74) is 1.79. The van der Waals surface area contributed by atoms with Crippen LogP contribution in [0.4, 0.5) is 0 Å². The molecular formula is C17H14ClNO2. The van der Waals surface area contributed by atoms with Crippen molar-refractivity contribution in [3.8, 4) is 5.75 Å². The van der Waals surface area contributed by atoms with Crippen LogP contribution in [-0.4, -0.2) is 17.5 Å². The van der Waals surface area contributed by atoms with Crippen LogP contribution in [0.3, 0.4) is 0 Å². The summed E-state index contributed by atoms with van der Waals surface area (Å²) in [6.07, 6.45) is 2.85.